The molecule has 1 aromatic heterocycles. The summed E-state index contributed by atoms with van der Waals surface area (Å²) in [6, 6.07) is 0.129. The second-order valence-electron chi connectivity index (χ2n) is 4.89. The first-order valence-electron chi connectivity index (χ1n) is 6.61. The number of hydrogen-bond donors (Lipinski definition) is 0. The highest BCUT2D eigenvalue weighted by atomic mass is 35.5. The lowest BCUT2D eigenvalue weighted by Crippen LogP contribution is -2.43. The lowest BCUT2D eigenvalue weighted by Gasteiger charge is -2.34. The fourth-order valence-corrected chi connectivity index (χ4v) is 6.18. The Morgan fingerprint density at radius 2 is 2.21 bits per heavy atom. The van der Waals surface area contributed by atoms with Crippen LogP contribution in [0.15, 0.2) is 4.21 Å². The molecular formula is C12H19ClN2O2S2. The van der Waals surface area contributed by atoms with E-state index in [1.54, 1.807) is 11.2 Å². The summed E-state index contributed by atoms with van der Waals surface area (Å²) in [4.78, 5) is 4.02. The van der Waals surface area contributed by atoms with Crippen molar-refractivity contribution in [1.82, 2.24) is 9.29 Å². The largest absolute Gasteiger partial charge is 0.254 e. The summed E-state index contributed by atoms with van der Waals surface area (Å²) in [5.74, 6) is 0. The Balaban J connectivity index is 2.34. The third kappa shape index (κ3) is 3.12. The molecule has 0 aromatic carbocycles. The van der Waals surface area contributed by atoms with E-state index in [4.69, 9.17) is 11.6 Å². The maximum atomic E-state index is 12.7. The van der Waals surface area contributed by atoms with Crippen LogP contribution in [0.5, 0.6) is 0 Å². The molecule has 0 saturated carbocycles. The zero-order chi connectivity index (χ0) is 14.0. The molecule has 0 amide bonds. The molecule has 0 radical (unpaired) electrons. The van der Waals surface area contributed by atoms with Gasteiger partial charge in [-0.25, -0.2) is 13.4 Å². The van der Waals surface area contributed by atoms with Crippen LogP contribution in [0.1, 0.15) is 44.7 Å². The number of halogens is 1. The number of aryl methyl sites for hydroxylation is 1. The van der Waals surface area contributed by atoms with Crippen LogP contribution in [-0.2, 0) is 10.0 Å². The normalized spacial score (nSPS) is 21.7. The smallest absolute Gasteiger partial charge is 0.229 e. The van der Waals surface area contributed by atoms with Crippen molar-refractivity contribution in [2.24, 2.45) is 0 Å². The van der Waals surface area contributed by atoms with Crippen LogP contribution in [0.2, 0.25) is 4.47 Å². The van der Waals surface area contributed by atoms with Crippen LogP contribution in [0.3, 0.4) is 0 Å². The first-order chi connectivity index (χ1) is 8.96. The second kappa shape index (κ2) is 6.08. The van der Waals surface area contributed by atoms with Gasteiger partial charge >= 0.3 is 0 Å². The van der Waals surface area contributed by atoms with Gasteiger partial charge in [0.1, 0.15) is 0 Å². The third-order valence-corrected chi connectivity index (χ3v) is 7.27. The summed E-state index contributed by atoms with van der Waals surface area (Å²) in [6.07, 6.45) is 4.92. The summed E-state index contributed by atoms with van der Waals surface area (Å²) in [7, 11) is -3.44. The lowest BCUT2D eigenvalue weighted by molar-refractivity contribution is 0.240. The SMILES string of the molecule is CCCC1CCCCN1S(=O)(=O)c1sc(Cl)nc1C. The Kier molecular flexibility index (Phi) is 4.87. The van der Waals surface area contributed by atoms with E-state index in [1.807, 2.05) is 0 Å². The fraction of sp³-hybridized carbons (Fsp3) is 0.750. The minimum atomic E-state index is -3.44. The highest BCUT2D eigenvalue weighted by Crippen LogP contribution is 2.33. The van der Waals surface area contributed by atoms with Gasteiger partial charge in [-0.1, -0.05) is 42.7 Å². The van der Waals surface area contributed by atoms with Crippen LogP contribution in [0.4, 0.5) is 0 Å². The van der Waals surface area contributed by atoms with Gasteiger partial charge in [-0.05, 0) is 26.2 Å². The topological polar surface area (TPSA) is 50.3 Å². The average Bonchev–Trinajstić information content (AvgIpc) is 2.70. The molecule has 1 aliphatic heterocycles. The van der Waals surface area contributed by atoms with Crippen molar-refractivity contribution in [1.29, 1.82) is 0 Å². The minimum Gasteiger partial charge on any atom is -0.229 e. The zero-order valence-corrected chi connectivity index (χ0v) is 13.6. The van der Waals surface area contributed by atoms with Crippen LogP contribution < -0.4 is 0 Å². The summed E-state index contributed by atoms with van der Waals surface area (Å²) in [5.41, 5.74) is 0.510. The molecule has 2 heterocycles. The Bertz CT molecular complexity index is 540. The third-order valence-electron chi connectivity index (χ3n) is 3.47. The van der Waals surface area contributed by atoms with Crippen molar-refractivity contribution in [3.63, 3.8) is 0 Å². The van der Waals surface area contributed by atoms with Gasteiger partial charge in [0, 0.05) is 12.6 Å². The van der Waals surface area contributed by atoms with Gasteiger partial charge in [0.2, 0.25) is 0 Å². The molecule has 0 aliphatic carbocycles. The molecule has 1 atom stereocenters. The number of thiazole rings is 1. The number of aromatic nitrogens is 1. The molecule has 1 aromatic rings. The van der Waals surface area contributed by atoms with Gasteiger partial charge < -0.3 is 0 Å². The van der Waals surface area contributed by atoms with E-state index >= 15 is 0 Å². The Hall–Kier alpha value is -0.170. The second-order valence-corrected chi connectivity index (χ2v) is 8.56. The van der Waals surface area contributed by atoms with Crippen molar-refractivity contribution in [2.75, 3.05) is 6.54 Å². The quantitative estimate of drug-likeness (QED) is 0.853. The molecule has 0 N–H and O–H groups in total. The Morgan fingerprint density at radius 3 is 2.79 bits per heavy atom. The first-order valence-corrected chi connectivity index (χ1v) is 9.25. The van der Waals surface area contributed by atoms with Crippen LogP contribution >= 0.6 is 22.9 Å². The van der Waals surface area contributed by atoms with Gasteiger partial charge in [-0.15, -0.1) is 0 Å². The van der Waals surface area contributed by atoms with Crippen molar-refractivity contribution in [2.45, 2.75) is 56.2 Å². The van der Waals surface area contributed by atoms with E-state index < -0.39 is 10.0 Å². The van der Waals surface area contributed by atoms with Crippen LogP contribution in [0.25, 0.3) is 0 Å². The number of piperidine rings is 1. The minimum absolute atomic E-state index is 0.129. The number of hydrogen-bond acceptors (Lipinski definition) is 4. The zero-order valence-electron chi connectivity index (χ0n) is 11.2. The van der Waals surface area contributed by atoms with E-state index in [2.05, 4.69) is 11.9 Å². The van der Waals surface area contributed by atoms with E-state index in [9.17, 15) is 8.42 Å². The van der Waals surface area contributed by atoms with Gasteiger partial charge in [-0.2, -0.15) is 4.31 Å². The summed E-state index contributed by atoms with van der Waals surface area (Å²) >= 11 is 6.89. The molecule has 0 spiro atoms. The lowest BCUT2D eigenvalue weighted by atomic mass is 10.0. The predicted octanol–water partition coefficient (Wildman–Crippen LogP) is 3.45. The van der Waals surface area contributed by atoms with E-state index in [0.29, 0.717) is 20.9 Å². The fourth-order valence-electron chi connectivity index (χ4n) is 2.61. The Labute approximate surface area is 123 Å². The molecule has 1 aliphatic rings. The molecule has 1 saturated heterocycles. The van der Waals surface area contributed by atoms with Gasteiger partial charge in [0.25, 0.3) is 10.0 Å². The standard InChI is InChI=1S/C12H19ClN2O2S2/c1-3-6-10-7-4-5-8-15(10)19(16,17)11-9(2)14-12(13)18-11/h10H,3-8H2,1-2H3. The molecular weight excluding hydrogens is 304 g/mol. The van der Waals surface area contributed by atoms with E-state index in [-0.39, 0.29) is 6.04 Å². The highest BCUT2D eigenvalue weighted by molar-refractivity contribution is 7.91. The van der Waals surface area contributed by atoms with Crippen molar-refractivity contribution >= 4 is 33.0 Å². The predicted molar refractivity (Wildman–Crippen MR) is 78.3 cm³/mol. The molecule has 4 nitrogen and oxygen atoms in total. The van der Waals surface area contributed by atoms with E-state index in [0.717, 1.165) is 43.4 Å². The van der Waals surface area contributed by atoms with Crippen molar-refractivity contribution in [3.8, 4) is 0 Å². The summed E-state index contributed by atoms with van der Waals surface area (Å²) < 4.78 is 27.7. The van der Waals surface area contributed by atoms with E-state index in [1.165, 1.54) is 0 Å². The highest BCUT2D eigenvalue weighted by Gasteiger charge is 2.35. The molecule has 0 bridgehead atoms. The molecule has 2 rings (SSSR count). The first kappa shape index (κ1) is 15.2. The number of sulfonamides is 1. The van der Waals surface area contributed by atoms with Crippen molar-refractivity contribution < 1.29 is 8.42 Å². The van der Waals surface area contributed by atoms with Crippen LogP contribution in [0, 0.1) is 6.92 Å². The maximum absolute atomic E-state index is 12.7. The van der Waals surface area contributed by atoms with Gasteiger partial charge in [0.15, 0.2) is 8.68 Å². The number of nitrogens with zero attached hydrogens (tertiary/aromatic N) is 2. The molecule has 1 unspecified atom stereocenters. The van der Waals surface area contributed by atoms with Crippen LogP contribution in [-0.4, -0.2) is 30.3 Å². The molecule has 7 heteroatoms. The molecule has 19 heavy (non-hydrogen) atoms. The summed E-state index contributed by atoms with van der Waals surface area (Å²) in [5, 5.41) is 0. The molecule has 108 valence electrons. The average molecular weight is 323 g/mol. The van der Waals surface area contributed by atoms with Gasteiger partial charge in [-0.3, -0.25) is 0 Å². The van der Waals surface area contributed by atoms with Crippen molar-refractivity contribution in [3.05, 3.63) is 10.2 Å². The monoisotopic (exact) mass is 322 g/mol. The summed E-state index contributed by atoms with van der Waals surface area (Å²) in [6.45, 7) is 4.41. The maximum Gasteiger partial charge on any atom is 0.254 e. The van der Waals surface area contributed by atoms with Gasteiger partial charge in [0.05, 0.1) is 5.69 Å². The number of rotatable bonds is 4. The Morgan fingerprint density at radius 1 is 1.47 bits per heavy atom. The molecule has 1 fully saturated rings.